The van der Waals surface area contributed by atoms with Gasteiger partial charge in [-0.3, -0.25) is 4.90 Å². The highest BCUT2D eigenvalue weighted by atomic mass is 16.5. The number of carbonyl (C=O) groups excluding carboxylic acids is 1. The number of hydrogen-bond acceptors (Lipinski definition) is 3. The fraction of sp³-hybridized carbons (Fsp3) is 0.286. The van der Waals surface area contributed by atoms with Gasteiger partial charge in [0.15, 0.2) is 0 Å². The van der Waals surface area contributed by atoms with Gasteiger partial charge >= 0.3 is 6.03 Å². The molecule has 140 valence electrons. The van der Waals surface area contributed by atoms with E-state index in [2.05, 4.69) is 26.2 Å². The van der Waals surface area contributed by atoms with Crippen LogP contribution in [0.25, 0.3) is 10.9 Å². The first-order chi connectivity index (χ1) is 13.2. The predicted octanol–water partition coefficient (Wildman–Crippen LogP) is 3.65. The molecule has 0 aliphatic carbocycles. The van der Waals surface area contributed by atoms with Crippen LogP contribution in [-0.4, -0.2) is 41.8 Å². The molecular weight excluding hydrogens is 340 g/mol. The molecule has 3 aromatic rings. The predicted molar refractivity (Wildman–Crippen MR) is 108 cm³/mol. The number of morpholine rings is 1. The second kappa shape index (κ2) is 7.82. The third-order valence-corrected chi connectivity index (χ3v) is 4.84. The second-order valence-electron chi connectivity index (χ2n) is 6.87. The average Bonchev–Trinajstić information content (AvgIpc) is 3.03. The van der Waals surface area contributed by atoms with Crippen molar-refractivity contribution in [3.8, 4) is 0 Å². The summed E-state index contributed by atoms with van der Waals surface area (Å²) < 4.78 is 7.44. The van der Waals surface area contributed by atoms with Gasteiger partial charge in [0.1, 0.15) is 0 Å². The highest BCUT2D eigenvalue weighted by Gasteiger charge is 2.11. The number of fused-ring (bicyclic) bond motifs is 1. The zero-order valence-electron chi connectivity index (χ0n) is 15.4. The van der Waals surface area contributed by atoms with E-state index in [0.29, 0.717) is 0 Å². The van der Waals surface area contributed by atoms with E-state index in [-0.39, 0.29) is 6.03 Å². The van der Waals surface area contributed by atoms with Gasteiger partial charge in [0.2, 0.25) is 0 Å². The second-order valence-corrected chi connectivity index (χ2v) is 6.87. The molecule has 0 saturated carbocycles. The van der Waals surface area contributed by atoms with E-state index in [0.717, 1.165) is 55.1 Å². The smallest absolute Gasteiger partial charge is 0.323 e. The van der Waals surface area contributed by atoms with Gasteiger partial charge in [-0.25, -0.2) is 4.79 Å². The number of benzene rings is 2. The Balaban J connectivity index is 1.38. The number of rotatable bonds is 4. The van der Waals surface area contributed by atoms with Crippen molar-refractivity contribution in [1.82, 2.24) is 9.47 Å². The van der Waals surface area contributed by atoms with Crippen molar-refractivity contribution in [2.45, 2.75) is 6.54 Å². The first kappa shape index (κ1) is 17.6. The summed E-state index contributed by atoms with van der Waals surface area (Å²) in [6.45, 7) is 4.32. The summed E-state index contributed by atoms with van der Waals surface area (Å²) in [5, 5.41) is 6.93. The molecule has 1 aliphatic heterocycles. The molecule has 0 radical (unpaired) electrons. The Hall–Kier alpha value is -2.83. The minimum atomic E-state index is -0.242. The van der Waals surface area contributed by atoms with Gasteiger partial charge in [0, 0.05) is 55.2 Å². The van der Waals surface area contributed by atoms with E-state index >= 15 is 0 Å². The molecule has 0 atom stereocenters. The van der Waals surface area contributed by atoms with Crippen molar-refractivity contribution in [3.05, 3.63) is 60.3 Å². The molecule has 1 fully saturated rings. The monoisotopic (exact) mass is 364 g/mol. The molecule has 0 bridgehead atoms. The summed E-state index contributed by atoms with van der Waals surface area (Å²) in [6, 6.07) is 15.7. The Kier molecular flexibility index (Phi) is 5.09. The third kappa shape index (κ3) is 4.30. The van der Waals surface area contributed by atoms with Crippen molar-refractivity contribution in [3.63, 3.8) is 0 Å². The number of nitrogens with zero attached hydrogens (tertiary/aromatic N) is 2. The number of aromatic nitrogens is 1. The molecule has 27 heavy (non-hydrogen) atoms. The summed E-state index contributed by atoms with van der Waals surface area (Å²) in [5.41, 5.74) is 3.88. The summed E-state index contributed by atoms with van der Waals surface area (Å²) in [4.78, 5) is 14.7. The van der Waals surface area contributed by atoms with Gasteiger partial charge < -0.3 is 19.9 Å². The first-order valence-corrected chi connectivity index (χ1v) is 9.19. The van der Waals surface area contributed by atoms with Crippen molar-refractivity contribution >= 4 is 28.3 Å². The quantitative estimate of drug-likeness (QED) is 0.743. The SMILES string of the molecule is Cn1ccc2cc(NC(=O)Nc3cccc(CN4CCOCC4)c3)ccc21. The van der Waals surface area contributed by atoms with Crippen LogP contribution >= 0.6 is 0 Å². The maximum Gasteiger partial charge on any atom is 0.323 e. The van der Waals surface area contributed by atoms with Crippen molar-refractivity contribution in [2.24, 2.45) is 7.05 Å². The van der Waals surface area contributed by atoms with Crippen LogP contribution in [0.2, 0.25) is 0 Å². The summed E-state index contributed by atoms with van der Waals surface area (Å²) >= 11 is 0. The molecular formula is C21H24N4O2. The van der Waals surface area contributed by atoms with E-state index < -0.39 is 0 Å². The molecule has 1 aromatic heterocycles. The van der Waals surface area contributed by atoms with E-state index in [1.54, 1.807) is 0 Å². The number of anilines is 2. The van der Waals surface area contributed by atoms with E-state index in [4.69, 9.17) is 4.74 Å². The van der Waals surface area contributed by atoms with Gasteiger partial charge in [-0.05, 0) is 42.0 Å². The molecule has 6 nitrogen and oxygen atoms in total. The molecule has 0 spiro atoms. The number of nitrogens with one attached hydrogen (secondary N) is 2. The Morgan fingerprint density at radius 3 is 2.63 bits per heavy atom. The first-order valence-electron chi connectivity index (χ1n) is 9.19. The molecule has 4 rings (SSSR count). The van der Waals surface area contributed by atoms with Crippen LogP contribution in [0.5, 0.6) is 0 Å². The number of hydrogen-bond donors (Lipinski definition) is 2. The largest absolute Gasteiger partial charge is 0.379 e. The molecule has 1 aliphatic rings. The van der Waals surface area contributed by atoms with Crippen LogP contribution in [0.1, 0.15) is 5.56 Å². The van der Waals surface area contributed by atoms with Gasteiger partial charge in [-0.2, -0.15) is 0 Å². The normalized spacial score (nSPS) is 15.0. The van der Waals surface area contributed by atoms with Crippen LogP contribution < -0.4 is 10.6 Å². The van der Waals surface area contributed by atoms with Crippen LogP contribution in [0.4, 0.5) is 16.2 Å². The minimum absolute atomic E-state index is 0.242. The molecule has 2 N–H and O–H groups in total. The minimum Gasteiger partial charge on any atom is -0.379 e. The number of aryl methyl sites for hydroxylation is 1. The zero-order valence-corrected chi connectivity index (χ0v) is 15.4. The molecule has 0 unspecified atom stereocenters. The third-order valence-electron chi connectivity index (χ3n) is 4.84. The molecule has 2 aromatic carbocycles. The maximum absolute atomic E-state index is 12.4. The van der Waals surface area contributed by atoms with Crippen LogP contribution in [-0.2, 0) is 18.3 Å². The fourth-order valence-corrected chi connectivity index (χ4v) is 3.42. The summed E-state index contributed by atoms with van der Waals surface area (Å²) in [7, 11) is 2.01. The Bertz CT molecular complexity index is 944. The average molecular weight is 364 g/mol. The molecule has 2 amide bonds. The Labute approximate surface area is 158 Å². The van der Waals surface area contributed by atoms with Gasteiger partial charge in [-0.15, -0.1) is 0 Å². The van der Waals surface area contributed by atoms with Crippen molar-refractivity contribution in [2.75, 3.05) is 36.9 Å². The topological polar surface area (TPSA) is 58.5 Å². The zero-order chi connectivity index (χ0) is 18.6. The number of urea groups is 1. The lowest BCUT2D eigenvalue weighted by Gasteiger charge is -2.26. The van der Waals surface area contributed by atoms with Gasteiger partial charge in [-0.1, -0.05) is 12.1 Å². The lowest BCUT2D eigenvalue weighted by atomic mass is 10.2. The van der Waals surface area contributed by atoms with E-state index in [1.165, 1.54) is 5.56 Å². The lowest BCUT2D eigenvalue weighted by molar-refractivity contribution is 0.0342. The Morgan fingerprint density at radius 2 is 1.81 bits per heavy atom. The van der Waals surface area contributed by atoms with E-state index in [1.807, 2.05) is 55.7 Å². The highest BCUT2D eigenvalue weighted by molar-refractivity contribution is 6.01. The molecule has 6 heteroatoms. The number of ether oxygens (including phenoxy) is 1. The van der Waals surface area contributed by atoms with Crippen LogP contribution in [0.15, 0.2) is 54.7 Å². The maximum atomic E-state index is 12.4. The van der Waals surface area contributed by atoms with Crippen LogP contribution in [0.3, 0.4) is 0 Å². The van der Waals surface area contributed by atoms with Gasteiger partial charge in [0.05, 0.1) is 13.2 Å². The summed E-state index contributed by atoms with van der Waals surface area (Å²) in [5.74, 6) is 0. The number of carbonyl (C=O) groups is 1. The fourth-order valence-electron chi connectivity index (χ4n) is 3.42. The molecule has 2 heterocycles. The Morgan fingerprint density at radius 1 is 1.04 bits per heavy atom. The van der Waals surface area contributed by atoms with E-state index in [9.17, 15) is 4.79 Å². The van der Waals surface area contributed by atoms with Crippen LogP contribution in [0, 0.1) is 0 Å². The highest BCUT2D eigenvalue weighted by Crippen LogP contribution is 2.20. The van der Waals surface area contributed by atoms with Crippen molar-refractivity contribution in [1.29, 1.82) is 0 Å². The molecule has 1 saturated heterocycles. The van der Waals surface area contributed by atoms with Gasteiger partial charge in [0.25, 0.3) is 0 Å². The standard InChI is InChI=1S/C21H24N4O2/c1-24-8-7-17-14-19(5-6-20(17)24)23-21(26)22-18-4-2-3-16(13-18)15-25-9-11-27-12-10-25/h2-8,13-14H,9-12,15H2,1H3,(H2,22,23,26). The van der Waals surface area contributed by atoms with Crippen molar-refractivity contribution < 1.29 is 9.53 Å². The lowest BCUT2D eigenvalue weighted by Crippen LogP contribution is -2.35. The number of amides is 2. The summed E-state index contributed by atoms with van der Waals surface area (Å²) in [6.07, 6.45) is 2.01.